The number of nitrogens with zero attached hydrogens (tertiary/aromatic N) is 5. The van der Waals surface area contributed by atoms with Crippen molar-refractivity contribution in [2.75, 3.05) is 36.0 Å². The Labute approximate surface area is 266 Å². The minimum Gasteiger partial charge on any atom is -0.445 e. The highest BCUT2D eigenvalue weighted by Crippen LogP contribution is 2.50. The second-order valence-corrected chi connectivity index (χ2v) is 13.9. The number of hydrogen-bond acceptors (Lipinski definition) is 8. The van der Waals surface area contributed by atoms with Gasteiger partial charge in [0.2, 0.25) is 10.0 Å². The maximum absolute atomic E-state index is 13.7. The van der Waals surface area contributed by atoms with E-state index in [9.17, 15) is 18.0 Å². The summed E-state index contributed by atoms with van der Waals surface area (Å²) in [5, 5.41) is 8.08. The lowest BCUT2D eigenvalue weighted by atomic mass is 10.1. The Hall–Kier alpha value is -4.36. The van der Waals surface area contributed by atoms with E-state index in [2.05, 4.69) is 14.9 Å². The Morgan fingerprint density at radius 1 is 1.16 bits per heavy atom. The lowest BCUT2D eigenvalue weighted by molar-refractivity contribution is 0.0701. The van der Waals surface area contributed by atoms with Crippen LogP contribution in [0.5, 0.6) is 0 Å². The SMILES string of the molecule is Cc1cn2nc(C3(N(C)C(=O)c4cc(Cl)ccc4NS(C)(=O)=O)CC3)cc2nc1N1CC[C@H](NC(=O)OCc2ccccc2)C1. The van der Waals surface area contributed by atoms with Crippen LogP contribution in [-0.2, 0) is 26.9 Å². The molecular formula is C31H34ClN7O5S. The fraction of sp³-hybridized carbons (Fsp3) is 0.355. The van der Waals surface area contributed by atoms with Crippen LogP contribution in [0.2, 0.25) is 5.02 Å². The summed E-state index contributed by atoms with van der Waals surface area (Å²) in [6.07, 6.45) is 4.64. The molecule has 2 N–H and O–H groups in total. The van der Waals surface area contributed by atoms with Crippen LogP contribution in [0.3, 0.4) is 0 Å². The third-order valence-corrected chi connectivity index (χ3v) is 9.11. The summed E-state index contributed by atoms with van der Waals surface area (Å²) >= 11 is 6.19. The Kier molecular flexibility index (Phi) is 8.08. The van der Waals surface area contributed by atoms with Crippen molar-refractivity contribution in [3.05, 3.63) is 88.2 Å². The van der Waals surface area contributed by atoms with Crippen LogP contribution < -0.4 is 14.9 Å². The number of sulfonamides is 1. The summed E-state index contributed by atoms with van der Waals surface area (Å²) in [5.74, 6) is 0.432. The number of carbonyl (C=O) groups is 2. The van der Waals surface area contributed by atoms with Crippen LogP contribution in [0, 0.1) is 6.92 Å². The zero-order valence-corrected chi connectivity index (χ0v) is 26.7. The Balaban J connectivity index is 1.16. The van der Waals surface area contributed by atoms with Crippen LogP contribution in [0.4, 0.5) is 16.3 Å². The molecule has 2 aromatic carbocycles. The summed E-state index contributed by atoms with van der Waals surface area (Å²) in [4.78, 5) is 34.8. The number of hydrogen-bond donors (Lipinski definition) is 2. The van der Waals surface area contributed by atoms with Crippen LogP contribution in [-0.4, -0.2) is 72.4 Å². The highest BCUT2D eigenvalue weighted by atomic mass is 35.5. The summed E-state index contributed by atoms with van der Waals surface area (Å²) in [7, 11) is -1.93. The molecule has 0 spiro atoms. The van der Waals surface area contributed by atoms with Gasteiger partial charge in [0.1, 0.15) is 12.4 Å². The molecule has 6 rings (SSSR count). The first-order valence-electron chi connectivity index (χ1n) is 14.6. The van der Waals surface area contributed by atoms with Gasteiger partial charge in [-0.1, -0.05) is 41.9 Å². The summed E-state index contributed by atoms with van der Waals surface area (Å²) in [6.45, 7) is 3.50. The van der Waals surface area contributed by atoms with Gasteiger partial charge in [-0.2, -0.15) is 5.10 Å². The molecule has 2 fully saturated rings. The first-order chi connectivity index (χ1) is 21.4. The minimum absolute atomic E-state index is 0.0749. The first-order valence-corrected chi connectivity index (χ1v) is 16.8. The molecule has 2 aliphatic rings. The van der Waals surface area contributed by atoms with Gasteiger partial charge in [-0.3, -0.25) is 9.52 Å². The fourth-order valence-corrected chi connectivity index (χ4v) is 6.54. The van der Waals surface area contributed by atoms with Gasteiger partial charge in [0.15, 0.2) is 5.65 Å². The van der Waals surface area contributed by atoms with Gasteiger partial charge in [0.25, 0.3) is 5.91 Å². The Bertz CT molecular complexity index is 1880. The van der Waals surface area contributed by atoms with Crippen LogP contribution in [0.1, 0.15) is 46.4 Å². The molecule has 1 saturated heterocycles. The maximum atomic E-state index is 13.7. The molecule has 14 heteroatoms. The highest BCUT2D eigenvalue weighted by molar-refractivity contribution is 7.92. The van der Waals surface area contributed by atoms with Crippen molar-refractivity contribution in [1.82, 2.24) is 24.8 Å². The summed E-state index contributed by atoms with van der Waals surface area (Å²) in [5.41, 5.74) is 2.84. The van der Waals surface area contributed by atoms with E-state index < -0.39 is 21.7 Å². The molecule has 1 aliphatic carbocycles. The number of fused-ring (bicyclic) bond motifs is 1. The minimum atomic E-state index is -3.62. The Morgan fingerprint density at radius 3 is 2.62 bits per heavy atom. The number of aryl methyl sites for hydroxylation is 1. The monoisotopic (exact) mass is 651 g/mol. The van der Waals surface area contributed by atoms with Crippen LogP contribution >= 0.6 is 11.6 Å². The van der Waals surface area contributed by atoms with E-state index in [1.165, 1.54) is 18.2 Å². The van der Waals surface area contributed by atoms with Gasteiger partial charge in [0.05, 0.1) is 34.8 Å². The lowest BCUT2D eigenvalue weighted by Crippen LogP contribution is -2.38. The van der Waals surface area contributed by atoms with Gasteiger partial charge in [-0.15, -0.1) is 0 Å². The molecule has 3 heterocycles. The zero-order chi connectivity index (χ0) is 31.9. The second kappa shape index (κ2) is 11.9. The average molecular weight is 652 g/mol. The molecular weight excluding hydrogens is 618 g/mol. The van der Waals surface area contributed by atoms with Crippen LogP contribution in [0.25, 0.3) is 5.65 Å². The van der Waals surface area contributed by atoms with Crippen molar-refractivity contribution in [2.24, 2.45) is 0 Å². The van der Waals surface area contributed by atoms with Crippen molar-refractivity contribution < 1.29 is 22.7 Å². The number of aromatic nitrogens is 3. The number of rotatable bonds is 9. The highest BCUT2D eigenvalue weighted by Gasteiger charge is 2.52. The largest absolute Gasteiger partial charge is 0.445 e. The maximum Gasteiger partial charge on any atom is 0.407 e. The quantitative estimate of drug-likeness (QED) is 0.273. The third-order valence-electron chi connectivity index (χ3n) is 8.28. The number of halogens is 1. The van der Waals surface area contributed by atoms with Crippen molar-refractivity contribution in [1.29, 1.82) is 0 Å². The molecule has 1 saturated carbocycles. The van der Waals surface area contributed by atoms with E-state index in [-0.39, 0.29) is 29.8 Å². The second-order valence-electron chi connectivity index (χ2n) is 11.7. The predicted molar refractivity (Wildman–Crippen MR) is 171 cm³/mol. The first kappa shape index (κ1) is 30.7. The number of carbonyl (C=O) groups excluding carboxylic acids is 2. The number of alkyl carbamates (subject to hydrolysis) is 1. The third kappa shape index (κ3) is 6.54. The molecule has 45 heavy (non-hydrogen) atoms. The molecule has 12 nitrogen and oxygen atoms in total. The molecule has 4 aromatic rings. The van der Waals surface area contributed by atoms with Crippen molar-refractivity contribution >= 4 is 50.8 Å². The molecule has 1 atom stereocenters. The normalized spacial score (nSPS) is 17.2. The topological polar surface area (TPSA) is 138 Å². The van der Waals surface area contributed by atoms with Crippen molar-refractivity contribution in [3.8, 4) is 0 Å². The van der Waals surface area contributed by atoms with E-state index in [0.717, 1.165) is 36.2 Å². The van der Waals surface area contributed by atoms with Gasteiger partial charge in [-0.25, -0.2) is 22.7 Å². The van der Waals surface area contributed by atoms with Gasteiger partial charge in [-0.05, 0) is 49.9 Å². The van der Waals surface area contributed by atoms with E-state index in [4.69, 9.17) is 26.4 Å². The van der Waals surface area contributed by atoms with Crippen molar-refractivity contribution in [3.63, 3.8) is 0 Å². The van der Waals surface area contributed by atoms with Crippen molar-refractivity contribution in [2.45, 2.75) is 44.4 Å². The number of benzene rings is 2. The molecule has 0 radical (unpaired) electrons. The molecule has 2 aromatic heterocycles. The van der Waals surface area contributed by atoms with E-state index in [1.54, 1.807) is 16.5 Å². The molecule has 0 bridgehead atoms. The van der Waals surface area contributed by atoms with Gasteiger partial charge in [0, 0.05) is 43.0 Å². The average Bonchev–Trinajstić information content (AvgIpc) is 3.50. The summed E-state index contributed by atoms with van der Waals surface area (Å²) in [6, 6.07) is 15.8. The molecule has 2 amide bonds. The predicted octanol–water partition coefficient (Wildman–Crippen LogP) is 4.33. The number of nitrogens with one attached hydrogen (secondary N) is 2. The van der Waals surface area contributed by atoms with Gasteiger partial charge < -0.3 is 19.9 Å². The fourth-order valence-electron chi connectivity index (χ4n) is 5.79. The molecule has 236 valence electrons. The van der Waals surface area contributed by atoms with E-state index in [1.807, 2.05) is 49.5 Å². The number of ether oxygens (including phenoxy) is 1. The van der Waals surface area contributed by atoms with E-state index >= 15 is 0 Å². The smallest absolute Gasteiger partial charge is 0.407 e. The van der Waals surface area contributed by atoms with E-state index in [0.29, 0.717) is 35.8 Å². The molecule has 0 unspecified atom stereocenters. The zero-order valence-electron chi connectivity index (χ0n) is 25.2. The Morgan fingerprint density at radius 2 is 1.91 bits per heavy atom. The van der Waals surface area contributed by atoms with Gasteiger partial charge >= 0.3 is 6.09 Å². The summed E-state index contributed by atoms with van der Waals surface area (Å²) < 4.78 is 33.4. The van der Waals surface area contributed by atoms with Crippen LogP contribution in [0.15, 0.2) is 60.8 Å². The number of amides is 2. The standard InChI is InChI=1S/C31H34ClN7O5S/c1-20-17-39-27(34-28(20)38-14-11-23(18-38)33-30(41)44-19-21-7-5-4-6-8-21)16-26(35-39)31(12-13-31)37(2)29(40)24-15-22(32)9-10-25(24)36-45(3,42)43/h4-10,15-17,23,36H,11-14,18-19H2,1-3H3,(H,33,41)/t23-/m0/s1. The lowest BCUT2D eigenvalue weighted by Gasteiger charge is -2.27. The molecule has 1 aliphatic heterocycles. The number of anilines is 2.